The molecule has 2 atom stereocenters. The van der Waals surface area contributed by atoms with E-state index in [0.29, 0.717) is 0 Å². The third kappa shape index (κ3) is 2.91. The van der Waals surface area contributed by atoms with Gasteiger partial charge in [0.15, 0.2) is 12.6 Å². The number of hydrogen-bond acceptors (Lipinski definition) is 4. The summed E-state index contributed by atoms with van der Waals surface area (Å²) in [5.41, 5.74) is 10.5. The van der Waals surface area contributed by atoms with Crippen molar-refractivity contribution in [1.29, 1.82) is 0 Å². The van der Waals surface area contributed by atoms with Gasteiger partial charge in [0.1, 0.15) is 5.30 Å². The van der Waals surface area contributed by atoms with Crippen molar-refractivity contribution in [3.05, 3.63) is 146 Å². The van der Waals surface area contributed by atoms with Gasteiger partial charge >= 0.3 is 0 Å². The predicted molar refractivity (Wildman–Crippen MR) is 201 cm³/mol. The molecule has 11 rings (SSSR count). The van der Waals surface area contributed by atoms with Crippen molar-refractivity contribution in [1.82, 2.24) is 0 Å². The normalized spacial score (nSPS) is 21.3. The molecule has 0 amide bonds. The summed E-state index contributed by atoms with van der Waals surface area (Å²) < 4.78 is 0. The summed E-state index contributed by atoms with van der Waals surface area (Å²) in [5.74, 6) is 0.273. The lowest BCUT2D eigenvalue weighted by atomic mass is 9.92. The van der Waals surface area contributed by atoms with Crippen LogP contribution in [0, 0.1) is 0 Å². The molecule has 2 unspecified atom stereocenters. The molecule has 4 aliphatic rings. The Morgan fingerprint density at radius 3 is 1.30 bits per heavy atom. The van der Waals surface area contributed by atoms with Gasteiger partial charge in [0.25, 0.3) is 0 Å². The number of rotatable bonds is 2. The van der Waals surface area contributed by atoms with E-state index in [0.717, 1.165) is 0 Å². The van der Waals surface area contributed by atoms with Crippen molar-refractivity contribution >= 4 is 73.5 Å². The van der Waals surface area contributed by atoms with Gasteiger partial charge in [-0.25, -0.2) is 0 Å². The van der Waals surface area contributed by atoms with Gasteiger partial charge in [-0.2, -0.15) is 0 Å². The molecule has 4 nitrogen and oxygen atoms in total. The number of para-hydroxylation sites is 4. The predicted octanol–water partition coefficient (Wildman–Crippen LogP) is 9.40. The average molecular weight is 624 g/mol. The zero-order chi connectivity index (χ0) is 31.0. The average Bonchev–Trinajstić information content (AvgIpc) is 3.80. The number of nitrogens with zero attached hydrogens (tertiary/aromatic N) is 4. The fourth-order valence-corrected chi connectivity index (χ4v) is 15.9. The van der Waals surface area contributed by atoms with E-state index in [9.17, 15) is 0 Å². The monoisotopic (exact) mass is 623 g/mol. The van der Waals surface area contributed by atoms with Crippen LogP contribution in [0.3, 0.4) is 0 Å². The largest absolute Gasteiger partial charge is 0.320 e. The summed E-state index contributed by atoms with van der Waals surface area (Å²) in [6.07, 6.45) is 0. The summed E-state index contributed by atoms with van der Waals surface area (Å²) in [6.45, 7) is 0. The van der Waals surface area contributed by atoms with Gasteiger partial charge in [0.2, 0.25) is 11.8 Å². The molecule has 0 aliphatic carbocycles. The Labute approximate surface area is 275 Å². The Bertz CT molecular complexity index is 2320. The quantitative estimate of drug-likeness (QED) is 0.141. The van der Waals surface area contributed by atoms with Gasteiger partial charge in [-0.05, 0) is 58.3 Å². The van der Waals surface area contributed by atoms with Crippen LogP contribution in [0.15, 0.2) is 146 Å². The minimum Gasteiger partial charge on any atom is -0.320 e. The lowest BCUT2D eigenvalue weighted by molar-refractivity contribution is 0.829. The highest BCUT2D eigenvalue weighted by molar-refractivity contribution is 7.93. The van der Waals surface area contributed by atoms with E-state index in [2.05, 4.69) is 179 Å². The van der Waals surface area contributed by atoms with Gasteiger partial charge in [0.05, 0.1) is 34.1 Å². The van der Waals surface area contributed by atoms with Crippen LogP contribution in [0.1, 0.15) is 0 Å². The lowest BCUT2D eigenvalue weighted by Crippen LogP contribution is -2.50. The first-order valence-corrected chi connectivity index (χ1v) is 18.4. The molecule has 7 aromatic rings. The van der Waals surface area contributed by atoms with E-state index in [-0.39, 0.29) is 11.8 Å². The van der Waals surface area contributed by atoms with Crippen LogP contribution < -0.4 is 30.2 Å². The standard InChI is InChI=1S/C42H32N4P/c1-43-32-21-10-12-23-34(32)45-36-25-14-26-37-40(36)47(41(43)45,42-44(2)33-22-11-13-24-35(33)46(37)42)39-30-19-8-6-17-28(30)38(27-15-4-3-5-16-27)29-18-7-9-20-31(29)39/h3-26,41-42H,1-2H3/q+1. The molecule has 0 bridgehead atoms. The summed E-state index contributed by atoms with van der Waals surface area (Å²) in [4.78, 5) is 10.6. The molecule has 0 saturated heterocycles. The molecule has 4 heterocycles. The van der Waals surface area contributed by atoms with Crippen LogP contribution in [0.5, 0.6) is 0 Å². The zero-order valence-electron chi connectivity index (χ0n) is 26.2. The van der Waals surface area contributed by atoms with Crippen molar-refractivity contribution in [3.63, 3.8) is 0 Å². The molecule has 0 radical (unpaired) electrons. The van der Waals surface area contributed by atoms with Gasteiger partial charge in [-0.15, -0.1) is 0 Å². The van der Waals surface area contributed by atoms with E-state index in [1.807, 2.05) is 0 Å². The Balaban J connectivity index is 1.36. The van der Waals surface area contributed by atoms with E-state index in [4.69, 9.17) is 0 Å². The zero-order valence-corrected chi connectivity index (χ0v) is 27.1. The topological polar surface area (TPSA) is 13.0 Å². The molecular weight excluding hydrogens is 591 g/mol. The molecular formula is C42H32N4P+. The lowest BCUT2D eigenvalue weighted by Gasteiger charge is -2.39. The highest BCUT2D eigenvalue weighted by Gasteiger charge is 2.77. The Hall–Kier alpha value is -5.31. The van der Waals surface area contributed by atoms with Crippen LogP contribution in [0.25, 0.3) is 32.7 Å². The minimum atomic E-state index is -2.36. The molecule has 5 heteroatoms. The first-order chi connectivity index (χ1) is 23.2. The Kier molecular flexibility index (Phi) is 4.91. The first kappa shape index (κ1) is 25.8. The number of fused-ring (bicyclic) bond motifs is 12. The van der Waals surface area contributed by atoms with Gasteiger partial charge in [-0.3, -0.25) is 9.80 Å². The van der Waals surface area contributed by atoms with E-state index < -0.39 is 7.26 Å². The molecule has 224 valence electrons. The SMILES string of the molecule is CN1c2ccccc2N2c3cccc4c3[P+](c3c5ccccc5c(-c5ccccc5)c5ccccc35)(C12)C1N(C)c2ccccc2N41. The first-order valence-electron chi connectivity index (χ1n) is 16.4. The van der Waals surface area contributed by atoms with Crippen molar-refractivity contribution in [2.75, 3.05) is 33.7 Å². The smallest absolute Gasteiger partial charge is 0.234 e. The van der Waals surface area contributed by atoms with Crippen molar-refractivity contribution in [3.8, 4) is 11.1 Å². The van der Waals surface area contributed by atoms with Crippen LogP contribution in [-0.4, -0.2) is 25.9 Å². The molecule has 7 aromatic carbocycles. The summed E-state index contributed by atoms with van der Waals surface area (Å²) in [5, 5.41) is 8.47. The van der Waals surface area contributed by atoms with Gasteiger partial charge < -0.3 is 9.80 Å². The maximum Gasteiger partial charge on any atom is 0.234 e. The van der Waals surface area contributed by atoms with Crippen molar-refractivity contribution < 1.29 is 0 Å². The molecule has 4 aliphatic heterocycles. The Morgan fingerprint density at radius 1 is 0.383 bits per heavy atom. The maximum absolute atomic E-state index is 2.70. The second-order valence-electron chi connectivity index (χ2n) is 13.2. The highest BCUT2D eigenvalue weighted by Crippen LogP contribution is 2.82. The minimum absolute atomic E-state index is 0.136. The molecule has 0 N–H and O–H groups in total. The van der Waals surface area contributed by atoms with Crippen molar-refractivity contribution in [2.24, 2.45) is 0 Å². The molecule has 0 saturated carbocycles. The summed E-state index contributed by atoms with van der Waals surface area (Å²) >= 11 is 0. The summed E-state index contributed by atoms with van der Waals surface area (Å²) in [7, 11) is 2.31. The molecule has 0 fully saturated rings. The van der Waals surface area contributed by atoms with Crippen LogP contribution >= 0.6 is 7.26 Å². The van der Waals surface area contributed by atoms with Crippen LogP contribution in [0.2, 0.25) is 0 Å². The second-order valence-corrected chi connectivity index (χ2v) is 16.6. The maximum atomic E-state index is 2.70. The molecule has 0 aromatic heterocycles. The Morgan fingerprint density at radius 2 is 0.787 bits per heavy atom. The van der Waals surface area contributed by atoms with Crippen molar-refractivity contribution in [2.45, 2.75) is 11.8 Å². The van der Waals surface area contributed by atoms with Crippen LogP contribution in [0.4, 0.5) is 34.1 Å². The fourth-order valence-electron chi connectivity index (χ4n) is 9.60. The van der Waals surface area contributed by atoms with Gasteiger partial charge in [-0.1, -0.05) is 109 Å². The number of benzene rings is 7. The molecule has 0 spiro atoms. The highest BCUT2D eigenvalue weighted by atomic mass is 31.2. The number of anilines is 6. The summed E-state index contributed by atoms with van der Waals surface area (Å²) in [6, 6.07) is 54.6. The van der Waals surface area contributed by atoms with E-state index in [1.54, 1.807) is 5.30 Å². The molecule has 47 heavy (non-hydrogen) atoms. The third-order valence-corrected chi connectivity index (χ3v) is 16.2. The van der Waals surface area contributed by atoms with Gasteiger partial charge in [0, 0.05) is 24.9 Å². The fraction of sp³-hybridized carbons (Fsp3) is 0.0952. The van der Waals surface area contributed by atoms with E-state index in [1.165, 1.54) is 72.1 Å². The van der Waals surface area contributed by atoms with Crippen LogP contribution in [-0.2, 0) is 0 Å². The third-order valence-electron chi connectivity index (χ3n) is 11.1. The number of hydrogen-bond donors (Lipinski definition) is 0. The van der Waals surface area contributed by atoms with E-state index >= 15 is 0 Å². The second kappa shape index (κ2) is 8.94.